The van der Waals surface area contributed by atoms with Crippen LogP contribution in [-0.2, 0) is 4.79 Å². The molecule has 0 heterocycles. The van der Waals surface area contributed by atoms with Crippen LogP contribution in [0.4, 0.5) is 16.2 Å². The monoisotopic (exact) mass is 408 g/mol. The summed E-state index contributed by atoms with van der Waals surface area (Å²) in [6, 6.07) is 16.2. The van der Waals surface area contributed by atoms with Crippen LogP contribution in [0.2, 0.25) is 0 Å². The van der Waals surface area contributed by atoms with Gasteiger partial charge in [0.15, 0.2) is 0 Å². The van der Waals surface area contributed by atoms with Crippen LogP contribution < -0.4 is 15.0 Å². The van der Waals surface area contributed by atoms with Crippen molar-refractivity contribution < 1.29 is 14.3 Å². The van der Waals surface area contributed by atoms with E-state index in [0.717, 1.165) is 31.4 Å². The normalized spacial score (nSPS) is 19.1. The highest BCUT2D eigenvalue weighted by molar-refractivity contribution is 5.93. The van der Waals surface area contributed by atoms with E-state index in [1.54, 1.807) is 31.3 Å². The molecule has 1 aliphatic carbocycles. The van der Waals surface area contributed by atoms with Gasteiger partial charge >= 0.3 is 6.09 Å². The molecule has 0 radical (unpaired) electrons. The highest BCUT2D eigenvalue weighted by Gasteiger charge is 2.32. The van der Waals surface area contributed by atoms with Gasteiger partial charge in [0.1, 0.15) is 5.75 Å². The molecule has 0 bridgehead atoms. The highest BCUT2D eigenvalue weighted by Crippen LogP contribution is 2.40. The molecule has 30 heavy (non-hydrogen) atoms. The van der Waals surface area contributed by atoms with Crippen LogP contribution in [0.1, 0.15) is 46.5 Å². The van der Waals surface area contributed by atoms with Gasteiger partial charge < -0.3 is 10.1 Å². The molecule has 2 aromatic carbocycles. The predicted molar refractivity (Wildman–Crippen MR) is 121 cm³/mol. The summed E-state index contributed by atoms with van der Waals surface area (Å²) < 4.78 is 5.42. The third-order valence-corrected chi connectivity index (χ3v) is 6.07. The molecular weight excluding hydrogens is 376 g/mol. The van der Waals surface area contributed by atoms with E-state index < -0.39 is 6.09 Å². The molecule has 2 amide bonds. The van der Waals surface area contributed by atoms with E-state index in [2.05, 4.69) is 26.1 Å². The number of carbonyl (C=O) groups excluding carboxylic acids is 2. The van der Waals surface area contributed by atoms with Gasteiger partial charge in [-0.15, -0.1) is 0 Å². The smallest absolute Gasteiger partial charge is 0.410 e. The minimum Gasteiger partial charge on any atom is -0.410 e. The molecule has 2 aromatic rings. The molecule has 0 aromatic heterocycles. The minimum absolute atomic E-state index is 0.0700. The summed E-state index contributed by atoms with van der Waals surface area (Å²) >= 11 is 0. The number of para-hydroxylation sites is 1. The summed E-state index contributed by atoms with van der Waals surface area (Å²) in [5, 5.41) is 3.00. The van der Waals surface area contributed by atoms with Gasteiger partial charge in [0.2, 0.25) is 5.91 Å². The lowest BCUT2D eigenvalue weighted by molar-refractivity contribution is -0.121. The van der Waals surface area contributed by atoms with Gasteiger partial charge in [0.05, 0.1) is 0 Å². The summed E-state index contributed by atoms with van der Waals surface area (Å²) in [6.45, 7) is 6.85. The number of nitrogens with zero attached hydrogens (tertiary/aromatic N) is 1. The molecule has 0 atom stereocenters. The van der Waals surface area contributed by atoms with Gasteiger partial charge in [-0.3, -0.25) is 9.69 Å². The summed E-state index contributed by atoms with van der Waals surface area (Å²) in [5.41, 5.74) is 1.78. The number of rotatable bonds is 4. The van der Waals surface area contributed by atoms with Crippen molar-refractivity contribution in [3.63, 3.8) is 0 Å². The Balaban J connectivity index is 1.51. The van der Waals surface area contributed by atoms with E-state index in [0.29, 0.717) is 22.8 Å². The van der Waals surface area contributed by atoms with Crippen molar-refractivity contribution in [2.24, 2.45) is 17.3 Å². The van der Waals surface area contributed by atoms with Gasteiger partial charge in [0.25, 0.3) is 0 Å². The van der Waals surface area contributed by atoms with Crippen molar-refractivity contribution in [3.8, 4) is 5.75 Å². The third kappa shape index (κ3) is 5.62. The molecule has 1 N–H and O–H groups in total. The molecule has 1 fully saturated rings. The molecule has 0 spiro atoms. The van der Waals surface area contributed by atoms with E-state index in [9.17, 15) is 9.59 Å². The van der Waals surface area contributed by atoms with Gasteiger partial charge in [0, 0.05) is 24.3 Å². The zero-order valence-corrected chi connectivity index (χ0v) is 18.4. The Hall–Kier alpha value is -2.82. The van der Waals surface area contributed by atoms with Crippen molar-refractivity contribution >= 4 is 23.4 Å². The number of ether oxygens (including phenoxy) is 1. The molecular formula is C25H32N2O3. The highest BCUT2D eigenvalue weighted by atomic mass is 16.6. The topological polar surface area (TPSA) is 58.6 Å². The fraction of sp³-hybridized carbons (Fsp3) is 0.440. The standard InChI is InChI=1S/C25H32N2O3/c1-25(2,3)19-12-10-18(11-13-19)23(28)26-20-14-16-22(17-15-20)30-24(29)27(4)21-8-6-5-7-9-21/h5-9,14-19H,10-13H2,1-4H3,(H,26,28). The number of carbonyl (C=O) groups is 2. The first-order valence-corrected chi connectivity index (χ1v) is 10.7. The maximum atomic E-state index is 12.6. The van der Waals surface area contributed by atoms with E-state index in [1.807, 2.05) is 30.3 Å². The minimum atomic E-state index is -0.464. The molecule has 5 nitrogen and oxygen atoms in total. The summed E-state index contributed by atoms with van der Waals surface area (Å²) in [6.07, 6.45) is 3.62. The maximum Gasteiger partial charge on any atom is 0.419 e. The molecule has 0 unspecified atom stereocenters. The van der Waals surface area contributed by atoms with Crippen LogP contribution in [-0.4, -0.2) is 19.0 Å². The Bertz CT molecular complexity index is 848. The zero-order valence-electron chi connectivity index (χ0n) is 18.4. The number of benzene rings is 2. The Labute approximate surface area is 179 Å². The lowest BCUT2D eigenvalue weighted by Crippen LogP contribution is -2.31. The van der Waals surface area contributed by atoms with E-state index in [-0.39, 0.29) is 11.8 Å². The second-order valence-corrected chi connectivity index (χ2v) is 9.19. The number of hydrogen-bond acceptors (Lipinski definition) is 3. The van der Waals surface area contributed by atoms with Crippen molar-refractivity contribution in [1.82, 2.24) is 0 Å². The Kier molecular flexibility index (Phi) is 6.80. The zero-order chi connectivity index (χ0) is 21.7. The van der Waals surface area contributed by atoms with Gasteiger partial charge in [-0.25, -0.2) is 4.79 Å². The van der Waals surface area contributed by atoms with Crippen molar-refractivity contribution in [3.05, 3.63) is 54.6 Å². The fourth-order valence-electron chi connectivity index (χ4n) is 4.00. The van der Waals surface area contributed by atoms with Crippen LogP contribution in [0.3, 0.4) is 0 Å². The number of nitrogens with one attached hydrogen (secondary N) is 1. The van der Waals surface area contributed by atoms with Crippen molar-refractivity contribution in [2.75, 3.05) is 17.3 Å². The SMILES string of the molecule is CN(C(=O)Oc1ccc(NC(=O)C2CCC(C(C)(C)C)CC2)cc1)c1ccccc1. The van der Waals surface area contributed by atoms with Gasteiger partial charge in [-0.1, -0.05) is 39.0 Å². The van der Waals surface area contributed by atoms with Crippen LogP contribution in [0.5, 0.6) is 5.75 Å². The van der Waals surface area contributed by atoms with Crippen molar-refractivity contribution in [2.45, 2.75) is 46.5 Å². The Morgan fingerprint density at radius 2 is 1.53 bits per heavy atom. The molecule has 5 heteroatoms. The molecule has 3 rings (SSSR count). The number of anilines is 2. The summed E-state index contributed by atoms with van der Waals surface area (Å²) in [5.74, 6) is 1.27. The van der Waals surface area contributed by atoms with Crippen LogP contribution >= 0.6 is 0 Å². The maximum absolute atomic E-state index is 12.6. The van der Waals surface area contributed by atoms with Crippen LogP contribution in [0.25, 0.3) is 0 Å². The van der Waals surface area contributed by atoms with Crippen LogP contribution in [0.15, 0.2) is 54.6 Å². The first kappa shape index (κ1) is 21.9. The summed E-state index contributed by atoms with van der Waals surface area (Å²) in [4.78, 5) is 26.4. The second-order valence-electron chi connectivity index (χ2n) is 9.19. The molecule has 160 valence electrons. The predicted octanol–water partition coefficient (Wildman–Crippen LogP) is 6.11. The lowest BCUT2D eigenvalue weighted by Gasteiger charge is -2.36. The van der Waals surface area contributed by atoms with Gasteiger partial charge in [-0.2, -0.15) is 0 Å². The van der Waals surface area contributed by atoms with E-state index >= 15 is 0 Å². The first-order chi connectivity index (χ1) is 14.2. The lowest BCUT2D eigenvalue weighted by atomic mass is 9.69. The average Bonchev–Trinajstić information content (AvgIpc) is 2.74. The van der Waals surface area contributed by atoms with E-state index in [4.69, 9.17) is 4.74 Å². The molecule has 0 saturated heterocycles. The Morgan fingerprint density at radius 3 is 2.10 bits per heavy atom. The fourth-order valence-corrected chi connectivity index (χ4v) is 4.00. The molecule has 1 aliphatic rings. The van der Waals surface area contributed by atoms with Gasteiger partial charge in [-0.05, 0) is 73.4 Å². The third-order valence-electron chi connectivity index (χ3n) is 6.07. The largest absolute Gasteiger partial charge is 0.419 e. The quantitative estimate of drug-likeness (QED) is 0.664. The number of hydrogen-bond donors (Lipinski definition) is 1. The first-order valence-electron chi connectivity index (χ1n) is 10.7. The second kappa shape index (κ2) is 9.33. The molecule has 1 saturated carbocycles. The number of amides is 2. The van der Waals surface area contributed by atoms with Crippen molar-refractivity contribution in [1.29, 1.82) is 0 Å². The van der Waals surface area contributed by atoms with E-state index in [1.165, 1.54) is 4.90 Å². The Morgan fingerprint density at radius 1 is 0.933 bits per heavy atom. The average molecular weight is 409 g/mol. The summed E-state index contributed by atoms with van der Waals surface area (Å²) in [7, 11) is 1.67. The van der Waals surface area contributed by atoms with Crippen LogP contribution in [0, 0.1) is 17.3 Å². The molecule has 0 aliphatic heterocycles.